The molecule has 9 N–H and O–H groups in total. The van der Waals surface area contributed by atoms with Crippen molar-refractivity contribution in [2.75, 3.05) is 32.8 Å². The van der Waals surface area contributed by atoms with E-state index in [4.69, 9.17) is 24.7 Å². The molecule has 0 unspecified atom stereocenters. The van der Waals surface area contributed by atoms with Crippen molar-refractivity contribution in [2.24, 2.45) is 69.3 Å². The van der Waals surface area contributed by atoms with Gasteiger partial charge in [-0.1, -0.05) is 137 Å². The first-order valence-electron chi connectivity index (χ1n) is 43.9. The van der Waals surface area contributed by atoms with Gasteiger partial charge in [0.25, 0.3) is 5.91 Å². The molecule has 9 rings (SSSR count). The van der Waals surface area contributed by atoms with Gasteiger partial charge < -0.3 is 76.6 Å². The Morgan fingerprint density at radius 3 is 1.57 bits per heavy atom. The van der Waals surface area contributed by atoms with Crippen molar-refractivity contribution in [1.29, 1.82) is 0 Å². The van der Waals surface area contributed by atoms with E-state index in [9.17, 15) is 67.1 Å². The molecular formula is C89H143N11O18. The first-order valence-corrected chi connectivity index (χ1v) is 43.9. The summed E-state index contributed by atoms with van der Waals surface area (Å²) in [5.74, 6) is -4.63. The monoisotopic (exact) mass is 1650 g/mol. The molecule has 11 amide bonds. The highest BCUT2D eigenvalue weighted by Crippen LogP contribution is 2.67. The Morgan fingerprint density at radius 2 is 1.03 bits per heavy atom. The molecule has 0 radical (unpaired) electrons. The number of amides is 11. The molecule has 662 valence electrons. The van der Waals surface area contributed by atoms with Crippen molar-refractivity contribution >= 4 is 83.1 Å². The topological polar surface area (TPSA) is 396 Å². The zero-order valence-electron chi connectivity index (χ0n) is 73.6. The second kappa shape index (κ2) is 42.7. The first kappa shape index (κ1) is 96.7. The second-order valence-electron chi connectivity index (χ2n) is 38.1. The predicted octanol–water partition coefficient (Wildman–Crippen LogP) is 10.4. The third-order valence-electron chi connectivity index (χ3n) is 25.4. The van der Waals surface area contributed by atoms with Gasteiger partial charge in [-0.2, -0.15) is 0 Å². The van der Waals surface area contributed by atoms with E-state index in [0.29, 0.717) is 77.4 Å². The van der Waals surface area contributed by atoms with Crippen LogP contribution in [0, 0.1) is 63.6 Å². The highest BCUT2D eigenvalue weighted by Gasteiger charge is 2.72. The minimum Gasteiger partial charge on any atom is -0.464 e. The number of piperidine rings is 3. The molecule has 5 aliphatic heterocycles. The van der Waals surface area contributed by atoms with Crippen LogP contribution in [0.5, 0.6) is 0 Å². The molecule has 29 nitrogen and oxygen atoms in total. The van der Waals surface area contributed by atoms with Crippen molar-refractivity contribution in [3.63, 3.8) is 0 Å². The standard InChI is InChI=1S/C31H49N5O6.C30H49N3O6.C28H45N3O6/c1-17(2)23(25(37)18-14-15-18)35-30(42)34-21-13-11-9-7-5-6-8-10-12-20(26(38)27(32)39)33-28(40)24-22-19(31(22,3)4)16-36(24)29(21)41;1-9-12-14-16-18-22(27(36)38-11-3)31-25(34)24-23-20(30(23,7)8)19-33(24)26(35)21(17-15-13-10-2)32-28(37)39-29(4,5)6;1-7-36-25(34)20-16-14-12-10-8-9-11-13-15-19(30-26(35)37-27(2,3)4)24(33)31-17-18-21(28(18,5)6)22(31)23(32)29-20/h17-24H,5-16H2,1-4H3,(H2,32,39)(H,33,40)(H2,34,35,42);9-10,20-24H,1-2,11-19H2,3-8H3,(H,31,34)(H,32,37);8-9,18-22H,7,10-17H2,1-6H3,(H,29,32)(H,30,35)/b;;9-8+/t19-,20-,21-,22-,23-,24-;20-,21-,22-,23-,24-;18-,19-,20-,21-,22-/m000/s1. The number of esters is 2. The van der Waals surface area contributed by atoms with Crippen LogP contribution < -0.4 is 43.0 Å². The highest BCUT2D eigenvalue weighted by molar-refractivity contribution is 6.37. The van der Waals surface area contributed by atoms with Gasteiger partial charge in [-0.3, -0.25) is 43.2 Å². The Kier molecular flexibility index (Phi) is 35.0. The summed E-state index contributed by atoms with van der Waals surface area (Å²) in [4.78, 5) is 188. The fraction of sp³-hybridized carbons (Fsp3) is 0.775. The van der Waals surface area contributed by atoms with E-state index in [1.807, 2.05) is 19.9 Å². The van der Waals surface area contributed by atoms with E-state index in [-0.39, 0.29) is 112 Å². The number of ketones is 2. The fourth-order valence-electron chi connectivity index (χ4n) is 18.4. The quantitative estimate of drug-likeness (QED) is 0.0138. The van der Waals surface area contributed by atoms with E-state index in [1.54, 1.807) is 76.2 Å². The Hall–Kier alpha value is -8.40. The lowest BCUT2D eigenvalue weighted by molar-refractivity contribution is -0.149. The normalized spacial score (nSPS) is 28.3. The van der Waals surface area contributed by atoms with Gasteiger partial charge in [0.05, 0.1) is 25.3 Å². The number of primary amides is 1. The largest absolute Gasteiger partial charge is 0.464 e. The number of nitrogens with one attached hydrogen (secondary N) is 7. The summed E-state index contributed by atoms with van der Waals surface area (Å²) in [6.07, 6.45) is 24.5. The molecule has 0 bridgehead atoms. The molecule has 4 saturated heterocycles. The van der Waals surface area contributed by atoms with E-state index in [2.05, 4.69) is 104 Å². The molecule has 118 heavy (non-hydrogen) atoms. The number of Topliss-reactive ketones (excluding diaryl/α,β-unsaturated/α-hetero) is 2. The SMILES string of the molecule is C=CCCCC[C@H](NC(=O)[C@@H]1[C@@H]2[C@H](CN1C(=O)[C@H](CCCC=C)NC(=O)OC(C)(C)C)C2(C)C)C(=O)OCC.CC(C)[C@H](NC(=O)N[C@H]1CCCCCCCCC[C@@H](C(=O)C(N)=O)NC(=O)[C@@H]2[C@@H]3[C@H](CN2C1=O)C3(C)C)C(=O)C1CC1.CCOC(=O)[C@@H]1CCCC/C=C/CCC[C@H](NC(=O)OC(C)(C)C)C(=O)N2C[C@H]3[C@@H]([C@H]2C(=O)N1)C3(C)C. The van der Waals surface area contributed by atoms with Crippen molar-refractivity contribution < 1.29 is 86.1 Å². The van der Waals surface area contributed by atoms with Crippen LogP contribution in [0.15, 0.2) is 37.5 Å². The van der Waals surface area contributed by atoms with Crippen molar-refractivity contribution in [2.45, 2.75) is 343 Å². The summed E-state index contributed by atoms with van der Waals surface area (Å²) in [6.45, 7) is 39.6. The number of unbranched alkanes of at least 4 members (excludes halogenated alkanes) is 3. The minimum absolute atomic E-state index is 0.00305. The number of fused-ring (bicyclic) bond motifs is 7. The summed E-state index contributed by atoms with van der Waals surface area (Å²) in [7, 11) is 0. The van der Waals surface area contributed by atoms with Gasteiger partial charge in [0, 0.05) is 25.6 Å². The van der Waals surface area contributed by atoms with Crippen LogP contribution in [0.3, 0.4) is 0 Å². The molecule has 0 aromatic heterocycles. The highest BCUT2D eigenvalue weighted by atomic mass is 16.6. The molecule has 9 aliphatic rings. The lowest BCUT2D eigenvalue weighted by atomic mass is 9.96. The molecule has 4 saturated carbocycles. The maximum absolute atomic E-state index is 14.1. The molecular weight excluding hydrogens is 1510 g/mol. The number of carbonyl (C=O) groups excluding carboxylic acids is 14. The van der Waals surface area contributed by atoms with Gasteiger partial charge in [-0.25, -0.2) is 24.0 Å². The van der Waals surface area contributed by atoms with E-state index in [1.165, 1.54) is 0 Å². The van der Waals surface area contributed by atoms with Crippen LogP contribution in [-0.2, 0) is 71.7 Å². The molecule has 4 aliphatic carbocycles. The molecule has 5 heterocycles. The van der Waals surface area contributed by atoms with Crippen LogP contribution in [0.4, 0.5) is 14.4 Å². The van der Waals surface area contributed by atoms with Crippen molar-refractivity contribution in [1.82, 2.24) is 51.9 Å². The number of carbonyl (C=O) groups is 14. The van der Waals surface area contributed by atoms with Gasteiger partial charge in [0.15, 0.2) is 5.78 Å². The fourth-order valence-corrected chi connectivity index (χ4v) is 18.4. The Balaban J connectivity index is 0.000000245. The third kappa shape index (κ3) is 26.3. The average molecular weight is 1660 g/mol. The predicted molar refractivity (Wildman–Crippen MR) is 446 cm³/mol. The second-order valence-corrected chi connectivity index (χ2v) is 38.1. The molecule has 0 spiro atoms. The van der Waals surface area contributed by atoms with Gasteiger partial charge in [0.2, 0.25) is 41.2 Å². The van der Waals surface area contributed by atoms with E-state index < -0.39 is 119 Å². The zero-order valence-corrected chi connectivity index (χ0v) is 73.6. The van der Waals surface area contributed by atoms with Gasteiger partial charge in [-0.05, 0) is 216 Å². The number of rotatable bonds is 25. The number of urea groups is 1. The zero-order chi connectivity index (χ0) is 87.5. The van der Waals surface area contributed by atoms with Crippen LogP contribution in [-0.4, -0.2) is 202 Å². The van der Waals surface area contributed by atoms with Crippen molar-refractivity contribution in [3.8, 4) is 0 Å². The maximum Gasteiger partial charge on any atom is 0.408 e. The summed E-state index contributed by atoms with van der Waals surface area (Å²) >= 11 is 0. The third-order valence-corrected chi connectivity index (χ3v) is 25.4. The summed E-state index contributed by atoms with van der Waals surface area (Å²) < 4.78 is 21.3. The lowest BCUT2D eigenvalue weighted by Crippen LogP contribution is -2.59. The Labute approximate surface area is 700 Å². The van der Waals surface area contributed by atoms with E-state index in [0.717, 1.165) is 103 Å². The number of ether oxygens (including phenoxy) is 4. The van der Waals surface area contributed by atoms with Gasteiger partial charge >= 0.3 is 30.2 Å². The minimum atomic E-state index is -1.09. The number of alkyl carbamates (subject to hydrolysis) is 2. The van der Waals surface area contributed by atoms with Crippen LogP contribution in [0.25, 0.3) is 0 Å². The number of nitrogens with two attached hydrogens (primary N) is 1. The smallest absolute Gasteiger partial charge is 0.408 e. The number of likely N-dealkylation sites (tertiary alicyclic amines) is 1. The van der Waals surface area contributed by atoms with Gasteiger partial charge in [-0.15, -0.1) is 13.2 Å². The van der Waals surface area contributed by atoms with Crippen molar-refractivity contribution in [3.05, 3.63) is 37.5 Å². The van der Waals surface area contributed by atoms with E-state index >= 15 is 0 Å². The lowest BCUT2D eigenvalue weighted by Gasteiger charge is -2.34. The molecule has 0 aromatic carbocycles. The summed E-state index contributed by atoms with van der Waals surface area (Å²) in [6, 6.07) is -8.50. The Morgan fingerprint density at radius 1 is 0.559 bits per heavy atom. The van der Waals surface area contributed by atoms with Gasteiger partial charge in [0.1, 0.15) is 59.5 Å². The summed E-state index contributed by atoms with van der Waals surface area (Å²) in [5, 5.41) is 19.8. The number of hydrogen-bond donors (Lipinski definition) is 8. The number of allylic oxidation sites excluding steroid dienone is 4. The molecule has 29 heteroatoms. The Bertz CT molecular complexity index is 3610. The van der Waals surface area contributed by atoms with Crippen LogP contribution >= 0.6 is 0 Å². The van der Waals surface area contributed by atoms with Crippen LogP contribution in [0.1, 0.15) is 271 Å². The molecule has 0 aromatic rings. The number of hydrogen-bond acceptors (Lipinski definition) is 18. The first-order chi connectivity index (χ1) is 55.5. The maximum atomic E-state index is 14.1. The summed E-state index contributed by atoms with van der Waals surface area (Å²) in [5.41, 5.74) is 3.57. The number of nitrogens with zero attached hydrogens (tertiary/aromatic N) is 3. The molecule has 8 fully saturated rings. The average Bonchev–Trinajstić information content (AvgIpc) is 1.54. The van der Waals surface area contributed by atoms with Crippen LogP contribution in [0.2, 0.25) is 0 Å². The molecule has 16 atom stereocenters.